The fourth-order valence-electron chi connectivity index (χ4n) is 1.53. The molecule has 1 amide bonds. The van der Waals surface area contributed by atoms with Crippen LogP contribution >= 0.6 is 0 Å². The van der Waals surface area contributed by atoms with E-state index in [0.29, 0.717) is 6.42 Å². The zero-order chi connectivity index (χ0) is 14.6. The van der Waals surface area contributed by atoms with Crippen LogP contribution in [0, 0.1) is 5.92 Å². The maximum atomic E-state index is 11.7. The minimum Gasteiger partial charge on any atom is -0.481 e. The number of hydrogen-bond acceptors (Lipinski definition) is 3. The summed E-state index contributed by atoms with van der Waals surface area (Å²) < 4.78 is 1.34. The van der Waals surface area contributed by atoms with E-state index in [2.05, 4.69) is 5.32 Å². The fraction of sp³-hybridized carbons (Fsp3) is 0.417. The van der Waals surface area contributed by atoms with Crippen molar-refractivity contribution in [2.75, 3.05) is 6.54 Å². The van der Waals surface area contributed by atoms with Crippen molar-refractivity contribution in [3.63, 3.8) is 0 Å². The van der Waals surface area contributed by atoms with Crippen LogP contribution in [0.15, 0.2) is 12.3 Å². The second-order valence-electron chi connectivity index (χ2n) is 4.31. The molecule has 7 nitrogen and oxygen atoms in total. The number of carbonyl (C=O) groups excluding carboxylic acids is 1. The Morgan fingerprint density at radius 1 is 1.37 bits per heavy atom. The molecule has 0 radical (unpaired) electrons. The van der Waals surface area contributed by atoms with E-state index in [1.807, 2.05) is 0 Å². The lowest BCUT2D eigenvalue weighted by molar-refractivity contribution is -0.141. The molecule has 1 rings (SSSR count). The quantitative estimate of drug-likeness (QED) is 0.698. The van der Waals surface area contributed by atoms with Crippen LogP contribution in [-0.4, -0.2) is 39.2 Å². The number of carboxylic acids is 2. The molecular formula is C12H16N2O5. The van der Waals surface area contributed by atoms with Crippen LogP contribution in [0.1, 0.15) is 34.2 Å². The number of aliphatic carboxylic acids is 1. The topological polar surface area (TPSA) is 109 Å². The lowest BCUT2D eigenvalue weighted by Gasteiger charge is -2.06. The minimum atomic E-state index is -1.11. The van der Waals surface area contributed by atoms with Crippen molar-refractivity contribution in [2.45, 2.75) is 13.3 Å². The van der Waals surface area contributed by atoms with Crippen LogP contribution in [0.5, 0.6) is 0 Å². The molecular weight excluding hydrogens is 252 g/mol. The highest BCUT2D eigenvalue weighted by molar-refractivity contribution is 5.97. The van der Waals surface area contributed by atoms with Crippen molar-refractivity contribution in [1.29, 1.82) is 0 Å². The van der Waals surface area contributed by atoms with Crippen molar-refractivity contribution in [3.8, 4) is 0 Å². The van der Waals surface area contributed by atoms with Crippen LogP contribution in [0.25, 0.3) is 0 Å². The summed E-state index contributed by atoms with van der Waals surface area (Å²) in [6.45, 7) is 1.78. The molecule has 0 aliphatic carbocycles. The Morgan fingerprint density at radius 2 is 2.00 bits per heavy atom. The van der Waals surface area contributed by atoms with Crippen LogP contribution in [-0.2, 0) is 11.8 Å². The number of nitrogens with one attached hydrogen (secondary N) is 1. The lowest BCUT2D eigenvalue weighted by Crippen LogP contribution is -2.26. The number of aromatic nitrogens is 1. The van der Waals surface area contributed by atoms with Gasteiger partial charge in [0.1, 0.15) is 5.69 Å². The molecule has 104 valence electrons. The molecule has 0 saturated carbocycles. The zero-order valence-corrected chi connectivity index (χ0v) is 10.7. The standard InChI is InChI=1S/C12H16N2O5/c1-7(11(16)17)3-4-13-10(15)8-5-9(12(18)19)14(2)6-8/h5-7H,3-4H2,1-2H3,(H,13,15)(H,16,17)(H,18,19)/t7-/m1/s1. The van der Waals surface area contributed by atoms with Gasteiger partial charge in [0.2, 0.25) is 0 Å². The van der Waals surface area contributed by atoms with E-state index in [0.717, 1.165) is 0 Å². The summed E-state index contributed by atoms with van der Waals surface area (Å²) in [5, 5.41) is 20.1. The maximum Gasteiger partial charge on any atom is 0.352 e. The molecule has 1 aromatic heterocycles. The lowest BCUT2D eigenvalue weighted by atomic mass is 10.1. The van der Waals surface area contributed by atoms with Crippen molar-refractivity contribution in [1.82, 2.24) is 9.88 Å². The van der Waals surface area contributed by atoms with Gasteiger partial charge in [-0.05, 0) is 12.5 Å². The number of aryl methyl sites for hydroxylation is 1. The second-order valence-corrected chi connectivity index (χ2v) is 4.31. The van der Waals surface area contributed by atoms with Crippen LogP contribution in [0.2, 0.25) is 0 Å². The second kappa shape index (κ2) is 6.03. The van der Waals surface area contributed by atoms with Gasteiger partial charge in [-0.15, -0.1) is 0 Å². The van der Waals surface area contributed by atoms with Gasteiger partial charge in [0.15, 0.2) is 0 Å². The highest BCUT2D eigenvalue weighted by atomic mass is 16.4. The van der Waals surface area contributed by atoms with E-state index in [4.69, 9.17) is 10.2 Å². The first-order chi connectivity index (χ1) is 8.82. The molecule has 0 bridgehead atoms. The molecule has 0 aliphatic rings. The number of amides is 1. The normalized spacial score (nSPS) is 11.9. The van der Waals surface area contributed by atoms with E-state index >= 15 is 0 Å². The van der Waals surface area contributed by atoms with Crippen LogP contribution in [0.3, 0.4) is 0 Å². The summed E-state index contributed by atoms with van der Waals surface area (Å²) in [6, 6.07) is 1.28. The van der Waals surface area contributed by atoms with Gasteiger partial charge in [-0.3, -0.25) is 9.59 Å². The summed E-state index contributed by atoms with van der Waals surface area (Å²) in [7, 11) is 1.53. The fourth-order valence-corrected chi connectivity index (χ4v) is 1.53. The monoisotopic (exact) mass is 268 g/mol. The van der Waals surface area contributed by atoms with E-state index in [-0.39, 0.29) is 17.8 Å². The van der Waals surface area contributed by atoms with Crippen molar-refractivity contribution in [2.24, 2.45) is 13.0 Å². The average molecular weight is 268 g/mol. The predicted molar refractivity (Wildman–Crippen MR) is 66.1 cm³/mol. The molecule has 19 heavy (non-hydrogen) atoms. The van der Waals surface area contributed by atoms with Crippen molar-refractivity contribution < 1.29 is 24.6 Å². The molecule has 1 heterocycles. The molecule has 0 saturated heterocycles. The van der Waals surface area contributed by atoms with Gasteiger partial charge in [0, 0.05) is 19.8 Å². The molecule has 0 aromatic carbocycles. The summed E-state index contributed by atoms with van der Waals surface area (Å²) in [5.41, 5.74) is 0.256. The van der Waals surface area contributed by atoms with Crippen LogP contribution in [0.4, 0.5) is 0 Å². The molecule has 1 atom stereocenters. The van der Waals surface area contributed by atoms with E-state index in [1.165, 1.54) is 23.9 Å². The number of carboxylic acid groups (broad SMARTS) is 2. The third-order valence-electron chi connectivity index (χ3n) is 2.77. The molecule has 1 aromatic rings. The van der Waals surface area contributed by atoms with Gasteiger partial charge in [-0.25, -0.2) is 4.79 Å². The first kappa shape index (κ1) is 14.7. The number of rotatable bonds is 6. The van der Waals surface area contributed by atoms with Crippen molar-refractivity contribution >= 4 is 17.8 Å². The van der Waals surface area contributed by atoms with E-state index in [1.54, 1.807) is 6.92 Å². The minimum absolute atomic E-state index is 0.0176. The summed E-state index contributed by atoms with van der Waals surface area (Å²) in [4.78, 5) is 33.1. The van der Waals surface area contributed by atoms with Gasteiger partial charge in [0.05, 0.1) is 11.5 Å². The SMILES string of the molecule is C[C@H](CCNC(=O)c1cc(C(=O)O)n(C)c1)C(=O)O. The summed E-state index contributed by atoms with van der Waals surface area (Å²) >= 11 is 0. The van der Waals surface area contributed by atoms with Gasteiger partial charge < -0.3 is 20.1 Å². The van der Waals surface area contributed by atoms with Gasteiger partial charge >= 0.3 is 11.9 Å². The molecule has 0 unspecified atom stereocenters. The van der Waals surface area contributed by atoms with Crippen molar-refractivity contribution in [3.05, 3.63) is 23.5 Å². The van der Waals surface area contributed by atoms with Crippen LogP contribution < -0.4 is 5.32 Å². The molecule has 0 spiro atoms. The number of hydrogen-bond donors (Lipinski definition) is 3. The molecule has 0 fully saturated rings. The highest BCUT2D eigenvalue weighted by Gasteiger charge is 2.15. The number of aromatic carboxylic acids is 1. The maximum absolute atomic E-state index is 11.7. The smallest absolute Gasteiger partial charge is 0.352 e. The zero-order valence-electron chi connectivity index (χ0n) is 10.7. The third kappa shape index (κ3) is 3.84. The molecule has 7 heteroatoms. The van der Waals surface area contributed by atoms with Gasteiger partial charge in [-0.1, -0.05) is 6.92 Å². The number of carbonyl (C=O) groups is 3. The van der Waals surface area contributed by atoms with Gasteiger partial charge in [0.25, 0.3) is 5.91 Å². The Morgan fingerprint density at radius 3 is 2.47 bits per heavy atom. The summed E-state index contributed by atoms with van der Waals surface area (Å²) in [5.74, 6) is -2.98. The number of nitrogens with zero attached hydrogens (tertiary/aromatic N) is 1. The average Bonchev–Trinajstić information content (AvgIpc) is 2.71. The Hall–Kier alpha value is -2.31. The first-order valence-electron chi connectivity index (χ1n) is 5.73. The Labute approximate surface area is 109 Å². The summed E-state index contributed by atoms with van der Waals surface area (Å²) in [6.07, 6.45) is 1.74. The third-order valence-corrected chi connectivity index (χ3v) is 2.77. The highest BCUT2D eigenvalue weighted by Crippen LogP contribution is 2.07. The Kier molecular flexibility index (Phi) is 4.68. The van der Waals surface area contributed by atoms with E-state index in [9.17, 15) is 14.4 Å². The molecule has 0 aliphatic heterocycles. The van der Waals surface area contributed by atoms with E-state index < -0.39 is 23.8 Å². The largest absolute Gasteiger partial charge is 0.481 e. The van der Waals surface area contributed by atoms with Gasteiger partial charge in [-0.2, -0.15) is 0 Å². The predicted octanol–water partition coefficient (Wildman–Crippen LogP) is 0.564. The first-order valence-corrected chi connectivity index (χ1v) is 5.73. The molecule has 3 N–H and O–H groups in total. The Bertz CT molecular complexity index is 506. The Balaban J connectivity index is 2.57.